The van der Waals surface area contributed by atoms with Gasteiger partial charge in [-0.05, 0) is 20.8 Å². The third kappa shape index (κ3) is 5.59. The van der Waals surface area contributed by atoms with Crippen LogP contribution in [0.3, 0.4) is 0 Å². The van der Waals surface area contributed by atoms with Crippen LogP contribution in [0.15, 0.2) is 6.20 Å². The van der Waals surface area contributed by atoms with E-state index >= 15 is 0 Å². The zero-order chi connectivity index (χ0) is 16.0. The van der Waals surface area contributed by atoms with E-state index in [0.29, 0.717) is 0 Å². The molecular weight excluding hydrogens is 276 g/mol. The van der Waals surface area contributed by atoms with Crippen molar-refractivity contribution < 1.29 is 9.72 Å². The lowest BCUT2D eigenvalue weighted by Gasteiger charge is -2.20. The number of carbonyl (C=O) groups is 1. The van der Waals surface area contributed by atoms with E-state index in [0.717, 1.165) is 6.20 Å². The molecular formula is C12H20N6O3. The van der Waals surface area contributed by atoms with Crippen molar-refractivity contribution >= 4 is 23.4 Å². The first-order chi connectivity index (χ1) is 9.73. The van der Waals surface area contributed by atoms with Crippen LogP contribution in [0.2, 0.25) is 0 Å². The highest BCUT2D eigenvalue weighted by Crippen LogP contribution is 2.21. The molecule has 0 aliphatic rings. The lowest BCUT2D eigenvalue weighted by molar-refractivity contribution is -0.384. The van der Waals surface area contributed by atoms with Gasteiger partial charge in [0, 0.05) is 25.6 Å². The number of aromatic nitrogens is 2. The van der Waals surface area contributed by atoms with Gasteiger partial charge in [-0.25, -0.2) is 4.98 Å². The molecule has 0 aliphatic heterocycles. The minimum atomic E-state index is -0.572. The summed E-state index contributed by atoms with van der Waals surface area (Å²) in [5.74, 6) is 0.214. The van der Waals surface area contributed by atoms with Gasteiger partial charge in [-0.15, -0.1) is 0 Å². The van der Waals surface area contributed by atoms with E-state index in [-0.39, 0.29) is 41.9 Å². The summed E-state index contributed by atoms with van der Waals surface area (Å²) in [5.41, 5.74) is -0.540. The third-order valence-electron chi connectivity index (χ3n) is 2.35. The van der Waals surface area contributed by atoms with E-state index in [4.69, 9.17) is 0 Å². The average Bonchev–Trinajstić information content (AvgIpc) is 2.36. The Morgan fingerprint density at radius 1 is 1.43 bits per heavy atom. The topological polar surface area (TPSA) is 122 Å². The molecule has 0 unspecified atom stereocenters. The SMILES string of the molecule is CNc1ncc([N+](=O)[O-])c(NCCC(=O)NC(C)(C)C)n1. The maximum absolute atomic E-state index is 11.7. The fourth-order valence-electron chi connectivity index (χ4n) is 1.53. The van der Waals surface area contributed by atoms with Crippen LogP contribution in [-0.4, -0.2) is 39.9 Å². The molecule has 3 N–H and O–H groups in total. The van der Waals surface area contributed by atoms with Gasteiger partial charge in [-0.1, -0.05) is 0 Å². The van der Waals surface area contributed by atoms with Crippen molar-refractivity contribution in [2.24, 2.45) is 0 Å². The first-order valence-corrected chi connectivity index (χ1v) is 6.47. The van der Waals surface area contributed by atoms with Crippen molar-refractivity contribution in [3.8, 4) is 0 Å². The molecule has 9 heteroatoms. The summed E-state index contributed by atoms with van der Waals surface area (Å²) in [4.78, 5) is 29.7. The van der Waals surface area contributed by atoms with Crippen LogP contribution in [0.4, 0.5) is 17.5 Å². The molecule has 0 atom stereocenters. The van der Waals surface area contributed by atoms with Gasteiger partial charge in [0.25, 0.3) is 0 Å². The predicted molar refractivity (Wildman–Crippen MR) is 79.2 cm³/mol. The van der Waals surface area contributed by atoms with Gasteiger partial charge < -0.3 is 16.0 Å². The van der Waals surface area contributed by atoms with Gasteiger partial charge in [-0.3, -0.25) is 14.9 Å². The van der Waals surface area contributed by atoms with E-state index in [1.54, 1.807) is 7.05 Å². The molecule has 1 amide bonds. The number of hydrogen-bond donors (Lipinski definition) is 3. The minimum absolute atomic E-state index is 0.0860. The van der Waals surface area contributed by atoms with E-state index < -0.39 is 4.92 Å². The van der Waals surface area contributed by atoms with Crippen LogP contribution < -0.4 is 16.0 Å². The van der Waals surface area contributed by atoms with Crippen LogP contribution in [-0.2, 0) is 4.79 Å². The van der Waals surface area contributed by atoms with Gasteiger partial charge >= 0.3 is 5.69 Å². The van der Waals surface area contributed by atoms with E-state index in [1.807, 2.05) is 20.8 Å². The fourth-order valence-corrected chi connectivity index (χ4v) is 1.53. The molecule has 0 aromatic carbocycles. The maximum atomic E-state index is 11.7. The molecule has 0 saturated heterocycles. The molecule has 0 spiro atoms. The zero-order valence-corrected chi connectivity index (χ0v) is 12.6. The van der Waals surface area contributed by atoms with Crippen molar-refractivity contribution in [3.05, 3.63) is 16.3 Å². The van der Waals surface area contributed by atoms with Crippen molar-refractivity contribution in [1.29, 1.82) is 0 Å². The van der Waals surface area contributed by atoms with Gasteiger partial charge in [0.1, 0.15) is 6.20 Å². The minimum Gasteiger partial charge on any atom is -0.364 e. The van der Waals surface area contributed by atoms with Crippen molar-refractivity contribution in [3.63, 3.8) is 0 Å². The number of hydrogen-bond acceptors (Lipinski definition) is 7. The molecule has 0 bridgehead atoms. The molecule has 1 rings (SSSR count). The van der Waals surface area contributed by atoms with E-state index in [9.17, 15) is 14.9 Å². The standard InChI is InChI=1S/C12H20N6O3/c1-12(2,3)17-9(19)5-6-14-10-8(18(20)21)7-15-11(13-4)16-10/h7H,5-6H2,1-4H3,(H,17,19)(H2,13,14,15,16). The summed E-state index contributed by atoms with van der Waals surface area (Å²) in [7, 11) is 1.61. The molecule has 1 aromatic rings. The average molecular weight is 296 g/mol. The van der Waals surface area contributed by atoms with E-state index in [1.165, 1.54) is 0 Å². The van der Waals surface area contributed by atoms with Crippen molar-refractivity contribution in [2.45, 2.75) is 32.7 Å². The Labute approximate surface area is 122 Å². The molecule has 9 nitrogen and oxygen atoms in total. The molecule has 116 valence electrons. The second-order valence-electron chi connectivity index (χ2n) is 5.41. The highest BCUT2D eigenvalue weighted by Gasteiger charge is 2.18. The Morgan fingerprint density at radius 3 is 2.62 bits per heavy atom. The Hall–Kier alpha value is -2.45. The molecule has 0 radical (unpaired) electrons. The van der Waals surface area contributed by atoms with E-state index in [2.05, 4.69) is 25.9 Å². The number of nitro groups is 1. The largest absolute Gasteiger partial charge is 0.364 e. The van der Waals surface area contributed by atoms with Crippen LogP contribution in [0.5, 0.6) is 0 Å². The number of amides is 1. The second kappa shape index (κ2) is 6.82. The Kier molecular flexibility index (Phi) is 5.39. The highest BCUT2D eigenvalue weighted by molar-refractivity contribution is 5.77. The lowest BCUT2D eigenvalue weighted by Crippen LogP contribution is -2.41. The van der Waals surface area contributed by atoms with Crippen LogP contribution in [0.25, 0.3) is 0 Å². The lowest BCUT2D eigenvalue weighted by atomic mass is 10.1. The normalized spacial score (nSPS) is 10.9. The quantitative estimate of drug-likeness (QED) is 0.531. The molecule has 21 heavy (non-hydrogen) atoms. The Balaban J connectivity index is 2.66. The summed E-state index contributed by atoms with van der Waals surface area (Å²) in [5, 5.41) is 19.2. The molecule has 0 fully saturated rings. The van der Waals surface area contributed by atoms with Gasteiger partial charge in [0.05, 0.1) is 4.92 Å². The molecule has 0 aliphatic carbocycles. The Bertz CT molecular complexity index is 526. The van der Waals surface area contributed by atoms with Crippen molar-refractivity contribution in [2.75, 3.05) is 24.2 Å². The second-order valence-corrected chi connectivity index (χ2v) is 5.41. The summed E-state index contributed by atoms with van der Waals surface area (Å²) >= 11 is 0. The first-order valence-electron chi connectivity index (χ1n) is 6.47. The summed E-state index contributed by atoms with van der Waals surface area (Å²) in [6, 6.07) is 0. The molecule has 1 heterocycles. The van der Waals surface area contributed by atoms with Crippen LogP contribution >= 0.6 is 0 Å². The number of anilines is 2. The fraction of sp³-hybridized carbons (Fsp3) is 0.583. The Morgan fingerprint density at radius 2 is 2.10 bits per heavy atom. The number of nitrogens with zero attached hydrogens (tertiary/aromatic N) is 3. The summed E-state index contributed by atoms with van der Waals surface area (Å²) in [6.07, 6.45) is 1.31. The van der Waals surface area contributed by atoms with Crippen LogP contribution in [0, 0.1) is 10.1 Å². The zero-order valence-electron chi connectivity index (χ0n) is 12.6. The first kappa shape index (κ1) is 16.6. The summed E-state index contributed by atoms with van der Waals surface area (Å²) < 4.78 is 0. The van der Waals surface area contributed by atoms with Gasteiger partial charge in [0.15, 0.2) is 0 Å². The molecule has 0 saturated carbocycles. The summed E-state index contributed by atoms with van der Waals surface area (Å²) in [6.45, 7) is 5.88. The van der Waals surface area contributed by atoms with Crippen LogP contribution in [0.1, 0.15) is 27.2 Å². The number of rotatable bonds is 6. The maximum Gasteiger partial charge on any atom is 0.329 e. The number of nitrogens with one attached hydrogen (secondary N) is 3. The third-order valence-corrected chi connectivity index (χ3v) is 2.35. The molecule has 1 aromatic heterocycles. The van der Waals surface area contributed by atoms with Crippen molar-refractivity contribution in [1.82, 2.24) is 15.3 Å². The van der Waals surface area contributed by atoms with Gasteiger partial charge in [0.2, 0.25) is 17.7 Å². The highest BCUT2D eigenvalue weighted by atomic mass is 16.6. The smallest absolute Gasteiger partial charge is 0.329 e. The number of carbonyl (C=O) groups excluding carboxylic acids is 1. The monoisotopic (exact) mass is 296 g/mol. The van der Waals surface area contributed by atoms with Gasteiger partial charge in [-0.2, -0.15) is 4.98 Å². The predicted octanol–water partition coefficient (Wildman–Crippen LogP) is 1.14.